The van der Waals surface area contributed by atoms with Crippen LogP contribution in [0.15, 0.2) is 20.2 Å². The van der Waals surface area contributed by atoms with Gasteiger partial charge in [0.15, 0.2) is 6.61 Å². The Morgan fingerprint density at radius 3 is 2.80 bits per heavy atom. The molecule has 1 aromatic heterocycles. The van der Waals surface area contributed by atoms with Crippen LogP contribution >= 0.6 is 0 Å². The summed E-state index contributed by atoms with van der Waals surface area (Å²) in [5.74, 6) is -1.31. The monoisotopic (exact) mass is 211 g/mol. The lowest BCUT2D eigenvalue weighted by Crippen LogP contribution is -2.42. The van der Waals surface area contributed by atoms with Crippen LogP contribution in [0.25, 0.3) is 0 Å². The molecule has 0 saturated carbocycles. The number of anilines is 1. The van der Waals surface area contributed by atoms with Crippen LogP contribution in [0.4, 0.5) is 5.69 Å². The van der Waals surface area contributed by atoms with E-state index in [1.54, 1.807) is 0 Å². The van der Waals surface area contributed by atoms with E-state index in [1.807, 2.05) is 0 Å². The van der Waals surface area contributed by atoms with E-state index in [-0.39, 0.29) is 12.2 Å². The van der Waals surface area contributed by atoms with Crippen molar-refractivity contribution in [2.45, 2.75) is 0 Å². The second kappa shape index (κ2) is 3.70. The zero-order valence-electron chi connectivity index (χ0n) is 7.56. The molecule has 15 heavy (non-hydrogen) atoms. The van der Waals surface area contributed by atoms with Gasteiger partial charge < -0.3 is 14.1 Å². The molecule has 0 bridgehead atoms. The zero-order chi connectivity index (χ0) is 10.8. The molecule has 2 heterocycles. The number of nitrogens with zero attached hydrogens (tertiary/aromatic N) is 1. The van der Waals surface area contributed by atoms with E-state index >= 15 is 0 Å². The molecule has 1 saturated heterocycles. The van der Waals surface area contributed by atoms with Gasteiger partial charge in [0.05, 0.1) is 6.61 Å². The predicted molar refractivity (Wildman–Crippen MR) is 48.2 cm³/mol. The molecular weight excluding hydrogens is 204 g/mol. The molecule has 1 aliphatic heterocycles. The molecule has 1 aliphatic rings. The molecule has 1 aromatic rings. The van der Waals surface area contributed by atoms with Gasteiger partial charge in [-0.05, 0) is 0 Å². The third-order valence-corrected chi connectivity index (χ3v) is 1.89. The second-order valence-electron chi connectivity index (χ2n) is 2.83. The Morgan fingerprint density at radius 2 is 2.13 bits per heavy atom. The molecule has 0 atom stereocenters. The maximum atomic E-state index is 11.3. The first kappa shape index (κ1) is 9.66. The number of aromatic amines is 1. The van der Waals surface area contributed by atoms with Gasteiger partial charge >= 0.3 is 11.4 Å². The van der Waals surface area contributed by atoms with Gasteiger partial charge in [0.25, 0.3) is 5.91 Å². The summed E-state index contributed by atoms with van der Waals surface area (Å²) in [6.45, 7) is 1.55. The van der Waals surface area contributed by atoms with Crippen LogP contribution in [-0.2, 0) is 9.53 Å². The van der Waals surface area contributed by atoms with Crippen LogP contribution in [0.2, 0.25) is 0 Å². The molecule has 0 aromatic carbocycles. The lowest BCUT2D eigenvalue weighted by molar-refractivity contribution is -0.121. The minimum absolute atomic E-state index is 0.000787. The van der Waals surface area contributed by atoms with Crippen molar-refractivity contribution in [1.29, 1.82) is 0 Å². The van der Waals surface area contributed by atoms with Crippen molar-refractivity contribution in [3.8, 4) is 0 Å². The van der Waals surface area contributed by atoms with Gasteiger partial charge in [-0.3, -0.25) is 9.78 Å². The van der Waals surface area contributed by atoms with E-state index in [1.165, 1.54) is 4.90 Å². The number of hydrogen-bond acceptors (Lipinski definition) is 5. The van der Waals surface area contributed by atoms with Crippen molar-refractivity contribution in [1.82, 2.24) is 4.98 Å². The molecule has 1 radical (unpaired) electrons. The molecule has 0 spiro atoms. The summed E-state index contributed by atoms with van der Waals surface area (Å²) < 4.78 is 9.07. The number of H-pyrrole nitrogens is 1. The van der Waals surface area contributed by atoms with Crippen molar-refractivity contribution in [2.24, 2.45) is 0 Å². The number of rotatable bonds is 1. The van der Waals surface area contributed by atoms with Crippen molar-refractivity contribution in [3.05, 3.63) is 33.8 Å². The second-order valence-corrected chi connectivity index (χ2v) is 2.83. The van der Waals surface area contributed by atoms with Gasteiger partial charge in [-0.1, -0.05) is 0 Å². The van der Waals surface area contributed by atoms with Crippen molar-refractivity contribution in [3.63, 3.8) is 0 Å². The third kappa shape index (κ3) is 1.82. The van der Waals surface area contributed by atoms with E-state index < -0.39 is 17.3 Å². The van der Waals surface area contributed by atoms with Crippen molar-refractivity contribution < 1.29 is 13.9 Å². The summed E-state index contributed by atoms with van der Waals surface area (Å²) in [6.07, 6.45) is 1.14. The number of carbonyl (C=O) groups excluding carboxylic acids is 1. The fourth-order valence-electron chi connectivity index (χ4n) is 1.23. The van der Waals surface area contributed by atoms with Gasteiger partial charge in [0, 0.05) is 12.7 Å². The summed E-state index contributed by atoms with van der Waals surface area (Å²) in [4.78, 5) is 36.6. The average Bonchev–Trinajstić information content (AvgIpc) is 2.20. The Balaban J connectivity index is 2.40. The standard InChI is InChI=1S/C8H7N2O5/c11-6-4-14-2-1-10(6)5-3-9-8(13)15-7(5)12/h3-4H,1-2H2,(H,9,13). The Hall–Kier alpha value is -1.89. The normalized spacial score (nSPS) is 16.8. The highest BCUT2D eigenvalue weighted by molar-refractivity contribution is 5.98. The molecular formula is C8H7N2O5. The molecule has 0 aliphatic carbocycles. The number of carbonyl (C=O) groups is 1. The highest BCUT2D eigenvalue weighted by Crippen LogP contribution is 2.10. The maximum absolute atomic E-state index is 11.3. The van der Waals surface area contributed by atoms with Gasteiger partial charge in [0.1, 0.15) is 5.69 Å². The predicted octanol–water partition coefficient (Wildman–Crippen LogP) is -1.15. The Bertz CT molecular complexity index is 488. The molecule has 1 fully saturated rings. The lowest BCUT2D eigenvalue weighted by Gasteiger charge is -2.24. The summed E-state index contributed by atoms with van der Waals surface area (Å²) in [5, 5.41) is 0. The summed E-state index contributed by atoms with van der Waals surface area (Å²) in [5.41, 5.74) is -0.846. The molecule has 7 nitrogen and oxygen atoms in total. The number of morpholine rings is 1. The van der Waals surface area contributed by atoms with Crippen LogP contribution in [0.3, 0.4) is 0 Å². The molecule has 7 heteroatoms. The van der Waals surface area contributed by atoms with Gasteiger partial charge in [-0.25, -0.2) is 9.59 Å². The topological polar surface area (TPSA) is 92.6 Å². The first-order valence-electron chi connectivity index (χ1n) is 4.17. The average molecular weight is 211 g/mol. The smallest absolute Gasteiger partial charge is 0.371 e. The Labute approximate surface area is 83.3 Å². The fourth-order valence-corrected chi connectivity index (χ4v) is 1.23. The van der Waals surface area contributed by atoms with E-state index in [4.69, 9.17) is 4.74 Å². The highest BCUT2D eigenvalue weighted by Gasteiger charge is 2.23. The summed E-state index contributed by atoms with van der Waals surface area (Å²) >= 11 is 0. The summed E-state index contributed by atoms with van der Waals surface area (Å²) in [7, 11) is 0. The first-order chi connectivity index (χ1) is 7.18. The van der Waals surface area contributed by atoms with Crippen molar-refractivity contribution in [2.75, 3.05) is 18.1 Å². The van der Waals surface area contributed by atoms with Crippen LogP contribution in [0.1, 0.15) is 0 Å². The maximum Gasteiger partial charge on any atom is 0.419 e. The number of aromatic nitrogens is 1. The number of hydrogen-bond donors (Lipinski definition) is 1. The Morgan fingerprint density at radius 1 is 1.33 bits per heavy atom. The molecule has 1 amide bonds. The number of nitrogens with one attached hydrogen (secondary N) is 1. The number of amides is 1. The zero-order valence-corrected chi connectivity index (χ0v) is 7.56. The highest BCUT2D eigenvalue weighted by atomic mass is 16.5. The lowest BCUT2D eigenvalue weighted by atomic mass is 10.3. The van der Waals surface area contributed by atoms with E-state index in [9.17, 15) is 14.4 Å². The third-order valence-electron chi connectivity index (χ3n) is 1.89. The minimum Gasteiger partial charge on any atom is -0.371 e. The van der Waals surface area contributed by atoms with E-state index in [2.05, 4.69) is 9.40 Å². The number of ether oxygens (including phenoxy) is 1. The molecule has 1 N–H and O–H groups in total. The molecule has 0 unspecified atom stereocenters. The van der Waals surface area contributed by atoms with Gasteiger partial charge in [-0.2, -0.15) is 0 Å². The summed E-state index contributed by atoms with van der Waals surface area (Å²) in [6, 6.07) is 0. The SMILES string of the molecule is O=C1[CH]OCCN1c1c[nH]c(=O)oc1=O. The van der Waals surface area contributed by atoms with Gasteiger partial charge in [0.2, 0.25) is 0 Å². The fraction of sp³-hybridized carbons (Fsp3) is 0.250. The Kier molecular flexibility index (Phi) is 2.38. The van der Waals surface area contributed by atoms with E-state index in [0.717, 1.165) is 12.8 Å². The largest absolute Gasteiger partial charge is 0.419 e. The van der Waals surface area contributed by atoms with Crippen LogP contribution in [-0.4, -0.2) is 24.0 Å². The van der Waals surface area contributed by atoms with Crippen molar-refractivity contribution >= 4 is 11.6 Å². The van der Waals surface area contributed by atoms with Gasteiger partial charge in [-0.15, -0.1) is 0 Å². The quantitative estimate of drug-likeness (QED) is 0.633. The van der Waals surface area contributed by atoms with E-state index in [0.29, 0.717) is 6.61 Å². The van der Waals surface area contributed by atoms with Crippen LogP contribution in [0, 0.1) is 6.61 Å². The minimum atomic E-state index is -0.853. The molecule has 79 valence electrons. The van der Waals surface area contributed by atoms with Crippen LogP contribution < -0.4 is 16.3 Å². The molecule has 2 rings (SSSR count). The van der Waals surface area contributed by atoms with Crippen LogP contribution in [0.5, 0.6) is 0 Å². The first-order valence-corrected chi connectivity index (χ1v) is 4.17.